The Labute approximate surface area is 146 Å². The molecule has 0 saturated carbocycles. The van der Waals surface area contributed by atoms with Gasteiger partial charge in [-0.2, -0.15) is 0 Å². The average molecular weight is 362 g/mol. The van der Waals surface area contributed by atoms with Crippen molar-refractivity contribution in [1.29, 1.82) is 0 Å². The summed E-state index contributed by atoms with van der Waals surface area (Å²) in [5, 5.41) is 2.64. The van der Waals surface area contributed by atoms with Crippen LogP contribution in [0.4, 0.5) is 15.8 Å². The van der Waals surface area contributed by atoms with Crippen molar-refractivity contribution in [1.82, 2.24) is 0 Å². The SMILES string of the molecule is CCS(=O)(=O)N1CCCc2ccc(NC(=O)c3ccccc3F)cc21. The molecule has 2 aromatic rings. The molecule has 0 radical (unpaired) electrons. The molecule has 0 aromatic heterocycles. The van der Waals surface area contributed by atoms with E-state index in [4.69, 9.17) is 0 Å². The minimum atomic E-state index is -3.38. The van der Waals surface area contributed by atoms with Gasteiger partial charge in [-0.25, -0.2) is 12.8 Å². The zero-order chi connectivity index (χ0) is 18.0. The lowest BCUT2D eigenvalue weighted by atomic mass is 10.0. The van der Waals surface area contributed by atoms with Gasteiger partial charge in [0.05, 0.1) is 17.0 Å². The molecule has 7 heteroatoms. The number of fused-ring (bicyclic) bond motifs is 1. The Balaban J connectivity index is 1.91. The minimum Gasteiger partial charge on any atom is -0.322 e. The van der Waals surface area contributed by atoms with Crippen LogP contribution in [0.3, 0.4) is 0 Å². The molecule has 132 valence electrons. The Bertz CT molecular complexity index is 912. The number of nitrogens with zero attached hydrogens (tertiary/aromatic N) is 1. The number of benzene rings is 2. The smallest absolute Gasteiger partial charge is 0.258 e. The number of nitrogens with one attached hydrogen (secondary N) is 1. The van der Waals surface area contributed by atoms with E-state index in [0.717, 1.165) is 18.4 Å². The third-order valence-corrected chi connectivity index (χ3v) is 6.02. The van der Waals surface area contributed by atoms with Crippen molar-refractivity contribution in [2.24, 2.45) is 0 Å². The number of aryl methyl sites for hydroxylation is 1. The fourth-order valence-electron chi connectivity index (χ4n) is 2.91. The molecule has 3 rings (SSSR count). The van der Waals surface area contributed by atoms with Gasteiger partial charge in [-0.15, -0.1) is 0 Å². The first-order valence-electron chi connectivity index (χ1n) is 8.11. The standard InChI is InChI=1S/C18H19FN2O3S/c1-2-25(23,24)21-11-5-6-13-9-10-14(12-17(13)21)20-18(22)15-7-3-4-8-16(15)19/h3-4,7-10,12H,2,5-6,11H2,1H3,(H,20,22). The zero-order valence-electron chi connectivity index (χ0n) is 13.8. The van der Waals surface area contributed by atoms with Crippen molar-refractivity contribution in [3.05, 3.63) is 59.4 Å². The molecule has 0 unspecified atom stereocenters. The Morgan fingerprint density at radius 2 is 2.00 bits per heavy atom. The zero-order valence-corrected chi connectivity index (χ0v) is 14.6. The number of hydrogen-bond acceptors (Lipinski definition) is 3. The summed E-state index contributed by atoms with van der Waals surface area (Å²) in [4.78, 5) is 12.3. The van der Waals surface area contributed by atoms with Gasteiger partial charge < -0.3 is 5.32 Å². The first-order valence-corrected chi connectivity index (χ1v) is 9.72. The lowest BCUT2D eigenvalue weighted by Crippen LogP contribution is -2.36. The van der Waals surface area contributed by atoms with E-state index in [0.29, 0.717) is 17.9 Å². The summed E-state index contributed by atoms with van der Waals surface area (Å²) in [5.74, 6) is -1.16. The summed E-state index contributed by atoms with van der Waals surface area (Å²) >= 11 is 0. The van der Waals surface area contributed by atoms with E-state index in [1.807, 2.05) is 6.07 Å². The summed E-state index contributed by atoms with van der Waals surface area (Å²) in [6.07, 6.45) is 1.54. The fourth-order valence-corrected chi connectivity index (χ4v) is 4.10. The number of carbonyl (C=O) groups is 1. The molecule has 0 aliphatic carbocycles. The van der Waals surface area contributed by atoms with Crippen molar-refractivity contribution >= 4 is 27.3 Å². The first kappa shape index (κ1) is 17.4. The molecule has 0 spiro atoms. The van der Waals surface area contributed by atoms with Crippen LogP contribution in [-0.2, 0) is 16.4 Å². The van der Waals surface area contributed by atoms with Gasteiger partial charge in [0.15, 0.2) is 0 Å². The molecule has 1 amide bonds. The number of rotatable bonds is 4. The number of anilines is 2. The molecule has 25 heavy (non-hydrogen) atoms. The van der Waals surface area contributed by atoms with Gasteiger partial charge >= 0.3 is 0 Å². The molecule has 1 aliphatic heterocycles. The lowest BCUT2D eigenvalue weighted by Gasteiger charge is -2.30. The maximum Gasteiger partial charge on any atom is 0.258 e. The largest absolute Gasteiger partial charge is 0.322 e. The van der Waals surface area contributed by atoms with Gasteiger partial charge in [0.25, 0.3) is 5.91 Å². The van der Waals surface area contributed by atoms with E-state index in [1.54, 1.807) is 25.1 Å². The predicted molar refractivity (Wildman–Crippen MR) is 95.9 cm³/mol. The Morgan fingerprint density at radius 3 is 2.72 bits per heavy atom. The van der Waals surface area contributed by atoms with Crippen molar-refractivity contribution in [2.75, 3.05) is 21.9 Å². The van der Waals surface area contributed by atoms with E-state index < -0.39 is 21.7 Å². The molecule has 1 N–H and O–H groups in total. The Morgan fingerprint density at radius 1 is 1.24 bits per heavy atom. The highest BCUT2D eigenvalue weighted by molar-refractivity contribution is 7.92. The molecule has 0 saturated heterocycles. The number of amides is 1. The second-order valence-corrected chi connectivity index (χ2v) is 8.04. The average Bonchev–Trinajstić information content (AvgIpc) is 2.61. The van der Waals surface area contributed by atoms with E-state index >= 15 is 0 Å². The van der Waals surface area contributed by atoms with Crippen molar-refractivity contribution < 1.29 is 17.6 Å². The number of carbonyl (C=O) groups excluding carboxylic acids is 1. The molecule has 2 aromatic carbocycles. The normalized spacial score (nSPS) is 14.1. The second kappa shape index (κ2) is 6.84. The molecule has 0 atom stereocenters. The maximum absolute atomic E-state index is 13.7. The summed E-state index contributed by atoms with van der Waals surface area (Å²) in [5.41, 5.74) is 1.88. The molecular formula is C18H19FN2O3S. The van der Waals surface area contributed by atoms with Crippen LogP contribution in [0.25, 0.3) is 0 Å². The number of halogens is 1. The fraction of sp³-hybridized carbons (Fsp3) is 0.278. The van der Waals surface area contributed by atoms with E-state index in [9.17, 15) is 17.6 Å². The van der Waals surface area contributed by atoms with E-state index in [-0.39, 0.29) is 11.3 Å². The van der Waals surface area contributed by atoms with Crippen LogP contribution in [0.15, 0.2) is 42.5 Å². The van der Waals surface area contributed by atoms with Crippen LogP contribution >= 0.6 is 0 Å². The van der Waals surface area contributed by atoms with Gasteiger partial charge in [0, 0.05) is 12.2 Å². The van der Waals surface area contributed by atoms with Crippen LogP contribution in [0, 0.1) is 5.82 Å². The monoisotopic (exact) mass is 362 g/mol. The second-order valence-electron chi connectivity index (χ2n) is 5.85. The highest BCUT2D eigenvalue weighted by atomic mass is 32.2. The Hall–Kier alpha value is -2.41. The van der Waals surface area contributed by atoms with E-state index in [2.05, 4.69) is 5.32 Å². The molecule has 5 nitrogen and oxygen atoms in total. The van der Waals surface area contributed by atoms with Crippen LogP contribution in [0.2, 0.25) is 0 Å². The summed E-state index contributed by atoms with van der Waals surface area (Å²) in [6, 6.07) is 10.9. The lowest BCUT2D eigenvalue weighted by molar-refractivity contribution is 0.102. The summed E-state index contributed by atoms with van der Waals surface area (Å²) in [6.45, 7) is 2.03. The third-order valence-electron chi connectivity index (χ3n) is 4.24. The molecule has 1 aliphatic rings. The van der Waals surface area contributed by atoms with Gasteiger partial charge in [-0.3, -0.25) is 9.10 Å². The van der Waals surface area contributed by atoms with Gasteiger partial charge in [-0.1, -0.05) is 18.2 Å². The molecule has 0 fully saturated rings. The van der Waals surface area contributed by atoms with Crippen LogP contribution < -0.4 is 9.62 Å². The highest BCUT2D eigenvalue weighted by Gasteiger charge is 2.26. The topological polar surface area (TPSA) is 66.5 Å². The highest BCUT2D eigenvalue weighted by Crippen LogP contribution is 2.32. The number of hydrogen-bond donors (Lipinski definition) is 1. The van der Waals surface area contributed by atoms with E-state index in [1.165, 1.54) is 22.5 Å². The summed E-state index contributed by atoms with van der Waals surface area (Å²) in [7, 11) is -3.38. The van der Waals surface area contributed by atoms with Crippen molar-refractivity contribution in [2.45, 2.75) is 19.8 Å². The van der Waals surface area contributed by atoms with Gasteiger partial charge in [0.2, 0.25) is 10.0 Å². The molecule has 0 bridgehead atoms. The maximum atomic E-state index is 13.7. The predicted octanol–water partition coefficient (Wildman–Crippen LogP) is 3.18. The first-order chi connectivity index (χ1) is 11.9. The quantitative estimate of drug-likeness (QED) is 0.908. The third kappa shape index (κ3) is 3.51. The summed E-state index contributed by atoms with van der Waals surface area (Å²) < 4.78 is 39.7. The van der Waals surface area contributed by atoms with Crippen LogP contribution in [-0.4, -0.2) is 26.6 Å². The molecular weight excluding hydrogens is 343 g/mol. The minimum absolute atomic E-state index is 0.0122. The van der Waals surface area contributed by atoms with Gasteiger partial charge in [0.1, 0.15) is 5.82 Å². The van der Waals surface area contributed by atoms with Crippen molar-refractivity contribution in [3.8, 4) is 0 Å². The Kier molecular flexibility index (Phi) is 4.76. The van der Waals surface area contributed by atoms with Gasteiger partial charge in [-0.05, 0) is 49.6 Å². The number of sulfonamides is 1. The van der Waals surface area contributed by atoms with Crippen LogP contribution in [0.5, 0.6) is 0 Å². The van der Waals surface area contributed by atoms with Crippen molar-refractivity contribution in [3.63, 3.8) is 0 Å². The molecule has 1 heterocycles. The van der Waals surface area contributed by atoms with Crippen LogP contribution in [0.1, 0.15) is 29.3 Å².